The Labute approximate surface area is 96.5 Å². The van der Waals surface area contributed by atoms with Crippen LogP contribution in [0.5, 0.6) is 0 Å². The molecule has 0 radical (unpaired) electrons. The summed E-state index contributed by atoms with van der Waals surface area (Å²) >= 11 is 6.00. The van der Waals surface area contributed by atoms with Crippen molar-refractivity contribution in [3.8, 4) is 0 Å². The van der Waals surface area contributed by atoms with Crippen molar-refractivity contribution >= 4 is 23.3 Å². The lowest BCUT2D eigenvalue weighted by molar-refractivity contribution is -0.136. The summed E-state index contributed by atoms with van der Waals surface area (Å²) < 4.78 is 3.27. The van der Waals surface area contributed by atoms with Crippen LogP contribution < -0.4 is 0 Å². The van der Waals surface area contributed by atoms with Gasteiger partial charge in [-0.25, -0.2) is 4.98 Å². The van der Waals surface area contributed by atoms with E-state index in [9.17, 15) is 4.79 Å². The summed E-state index contributed by atoms with van der Waals surface area (Å²) in [4.78, 5) is 14.8. The normalized spacial score (nSPS) is 11.2. The number of carboxylic acids is 1. The molecule has 0 saturated carbocycles. The number of imidazole rings is 1. The first-order chi connectivity index (χ1) is 7.54. The molecule has 2 aromatic rings. The molecule has 0 aromatic carbocycles. The van der Waals surface area contributed by atoms with Crippen LogP contribution in [-0.4, -0.2) is 30.2 Å². The highest BCUT2D eigenvalue weighted by atomic mass is 35.5. The Bertz CT molecular complexity index is 557. The van der Waals surface area contributed by atoms with E-state index in [0.29, 0.717) is 11.5 Å². The number of aryl methyl sites for hydroxylation is 2. The summed E-state index contributed by atoms with van der Waals surface area (Å²) in [6, 6.07) is 0. The van der Waals surface area contributed by atoms with E-state index in [2.05, 4.69) is 10.1 Å². The minimum Gasteiger partial charge on any atom is -0.481 e. The number of halogens is 1. The highest BCUT2D eigenvalue weighted by Gasteiger charge is 2.18. The van der Waals surface area contributed by atoms with Crippen molar-refractivity contribution in [3.05, 3.63) is 16.7 Å². The standard InChI is InChI=1S/C9H11ClN4O2/c1-3-6-12-14-8(10)5(4-7(15)16)11-9(14)13(6)2/h3-4H2,1-2H3,(H,15,16). The first kappa shape index (κ1) is 10.9. The summed E-state index contributed by atoms with van der Waals surface area (Å²) in [7, 11) is 1.83. The Morgan fingerprint density at radius 1 is 1.56 bits per heavy atom. The summed E-state index contributed by atoms with van der Waals surface area (Å²) in [6.45, 7) is 1.98. The van der Waals surface area contributed by atoms with Crippen molar-refractivity contribution in [2.75, 3.05) is 0 Å². The van der Waals surface area contributed by atoms with Gasteiger partial charge in [0.25, 0.3) is 0 Å². The summed E-state index contributed by atoms with van der Waals surface area (Å²) in [5.74, 6) is 0.463. The molecule has 1 N–H and O–H groups in total. The summed E-state index contributed by atoms with van der Waals surface area (Å²) in [6.07, 6.45) is 0.577. The monoisotopic (exact) mass is 242 g/mol. The summed E-state index contributed by atoms with van der Waals surface area (Å²) in [5.41, 5.74) is 0.343. The molecule has 2 heterocycles. The smallest absolute Gasteiger partial charge is 0.309 e. The van der Waals surface area contributed by atoms with Gasteiger partial charge in [-0.05, 0) is 0 Å². The van der Waals surface area contributed by atoms with E-state index in [0.717, 1.165) is 12.2 Å². The van der Waals surface area contributed by atoms with Crippen LogP contribution >= 0.6 is 11.6 Å². The predicted molar refractivity (Wildman–Crippen MR) is 57.7 cm³/mol. The van der Waals surface area contributed by atoms with Gasteiger partial charge in [0.1, 0.15) is 5.82 Å². The SMILES string of the molecule is CCc1nn2c(Cl)c(CC(=O)O)nc2n1C. The molecule has 16 heavy (non-hydrogen) atoms. The Kier molecular flexibility index (Phi) is 2.59. The van der Waals surface area contributed by atoms with E-state index in [1.165, 1.54) is 4.52 Å². The number of hydrogen-bond donors (Lipinski definition) is 1. The maximum Gasteiger partial charge on any atom is 0.309 e. The van der Waals surface area contributed by atoms with Gasteiger partial charge >= 0.3 is 5.97 Å². The second-order valence-electron chi connectivity index (χ2n) is 3.46. The van der Waals surface area contributed by atoms with Gasteiger partial charge in [0.15, 0.2) is 5.15 Å². The topological polar surface area (TPSA) is 72.4 Å². The van der Waals surface area contributed by atoms with E-state index in [1.807, 2.05) is 14.0 Å². The van der Waals surface area contributed by atoms with Crippen LogP contribution in [0.25, 0.3) is 5.78 Å². The van der Waals surface area contributed by atoms with Gasteiger partial charge in [-0.1, -0.05) is 18.5 Å². The maximum atomic E-state index is 10.6. The first-order valence-corrected chi connectivity index (χ1v) is 5.22. The van der Waals surface area contributed by atoms with Crippen molar-refractivity contribution < 1.29 is 9.90 Å². The van der Waals surface area contributed by atoms with Gasteiger partial charge in [0.05, 0.1) is 12.1 Å². The van der Waals surface area contributed by atoms with Crippen molar-refractivity contribution in [3.63, 3.8) is 0 Å². The number of rotatable bonds is 3. The van der Waals surface area contributed by atoms with Crippen molar-refractivity contribution in [2.24, 2.45) is 7.05 Å². The van der Waals surface area contributed by atoms with E-state index < -0.39 is 5.97 Å². The highest BCUT2D eigenvalue weighted by Crippen LogP contribution is 2.19. The van der Waals surface area contributed by atoms with Crippen LogP contribution in [0.15, 0.2) is 0 Å². The van der Waals surface area contributed by atoms with Gasteiger partial charge in [0.2, 0.25) is 5.78 Å². The molecule has 0 aliphatic rings. The zero-order valence-electron chi connectivity index (χ0n) is 8.94. The number of aromatic nitrogens is 4. The molecular formula is C9H11ClN4O2. The molecule has 0 unspecified atom stereocenters. The lowest BCUT2D eigenvalue weighted by atomic mass is 10.3. The van der Waals surface area contributed by atoms with E-state index in [4.69, 9.17) is 16.7 Å². The van der Waals surface area contributed by atoms with E-state index in [-0.39, 0.29) is 11.6 Å². The van der Waals surface area contributed by atoms with Gasteiger partial charge < -0.3 is 5.11 Å². The zero-order chi connectivity index (χ0) is 11.9. The molecule has 7 heteroatoms. The minimum atomic E-state index is -0.957. The van der Waals surface area contributed by atoms with Crippen LogP contribution in [0.1, 0.15) is 18.4 Å². The average Bonchev–Trinajstić information content (AvgIpc) is 2.68. The van der Waals surface area contributed by atoms with Crippen LogP contribution in [0.2, 0.25) is 5.15 Å². The second kappa shape index (κ2) is 3.79. The Hall–Kier alpha value is -1.56. The van der Waals surface area contributed by atoms with Gasteiger partial charge in [-0.2, -0.15) is 9.61 Å². The number of fused-ring (bicyclic) bond motifs is 1. The molecule has 2 aromatic heterocycles. The zero-order valence-corrected chi connectivity index (χ0v) is 9.69. The molecule has 0 atom stereocenters. The molecule has 0 amide bonds. The molecule has 0 spiro atoms. The molecule has 0 saturated heterocycles. The minimum absolute atomic E-state index is 0.191. The Balaban J connectivity index is 2.57. The number of nitrogens with zero attached hydrogens (tertiary/aromatic N) is 4. The molecule has 0 bridgehead atoms. The molecule has 0 aliphatic carbocycles. The summed E-state index contributed by atoms with van der Waals surface area (Å²) in [5, 5.41) is 13.2. The van der Waals surface area contributed by atoms with Crippen LogP contribution in [0.3, 0.4) is 0 Å². The van der Waals surface area contributed by atoms with Crippen LogP contribution in [0, 0.1) is 0 Å². The average molecular weight is 243 g/mol. The fourth-order valence-electron chi connectivity index (χ4n) is 1.59. The lowest BCUT2D eigenvalue weighted by Crippen LogP contribution is -2.02. The van der Waals surface area contributed by atoms with Crippen LogP contribution in [-0.2, 0) is 24.7 Å². The fourth-order valence-corrected chi connectivity index (χ4v) is 1.81. The molecule has 86 valence electrons. The number of aliphatic carboxylic acids is 1. The first-order valence-electron chi connectivity index (χ1n) is 4.85. The third-order valence-corrected chi connectivity index (χ3v) is 2.76. The molecular weight excluding hydrogens is 232 g/mol. The quantitative estimate of drug-likeness (QED) is 0.868. The third kappa shape index (κ3) is 1.55. The highest BCUT2D eigenvalue weighted by molar-refractivity contribution is 6.30. The van der Waals surface area contributed by atoms with Gasteiger partial charge in [-0.3, -0.25) is 9.36 Å². The Morgan fingerprint density at radius 2 is 2.25 bits per heavy atom. The predicted octanol–water partition coefficient (Wildman–Crippen LogP) is 0.911. The largest absolute Gasteiger partial charge is 0.481 e. The van der Waals surface area contributed by atoms with Crippen molar-refractivity contribution in [1.82, 2.24) is 19.2 Å². The van der Waals surface area contributed by atoms with Crippen LogP contribution in [0.4, 0.5) is 0 Å². The third-order valence-electron chi connectivity index (χ3n) is 2.39. The molecule has 0 aliphatic heterocycles. The number of carboxylic acid groups (broad SMARTS) is 1. The van der Waals surface area contributed by atoms with Crippen molar-refractivity contribution in [2.45, 2.75) is 19.8 Å². The Morgan fingerprint density at radius 3 is 2.75 bits per heavy atom. The lowest BCUT2D eigenvalue weighted by Gasteiger charge is -1.94. The maximum absolute atomic E-state index is 10.6. The number of hydrogen-bond acceptors (Lipinski definition) is 3. The van der Waals surface area contributed by atoms with Crippen molar-refractivity contribution in [1.29, 1.82) is 0 Å². The number of carbonyl (C=O) groups is 1. The molecule has 2 rings (SSSR count). The second-order valence-corrected chi connectivity index (χ2v) is 3.82. The van der Waals surface area contributed by atoms with Gasteiger partial charge in [-0.15, -0.1) is 0 Å². The molecule has 6 nitrogen and oxygen atoms in total. The van der Waals surface area contributed by atoms with Gasteiger partial charge in [0, 0.05) is 13.5 Å². The van der Waals surface area contributed by atoms with E-state index >= 15 is 0 Å². The van der Waals surface area contributed by atoms with E-state index in [1.54, 1.807) is 4.57 Å². The fraction of sp³-hybridized carbons (Fsp3) is 0.444. The molecule has 0 fully saturated rings.